The molecule has 6 nitrogen and oxygen atoms in total. The monoisotopic (exact) mass is 277 g/mol. The van der Waals surface area contributed by atoms with Crippen molar-refractivity contribution in [2.24, 2.45) is 0 Å². The van der Waals surface area contributed by atoms with Crippen molar-refractivity contribution < 1.29 is 14.1 Å². The summed E-state index contributed by atoms with van der Waals surface area (Å²) in [6.45, 7) is 5.80. The first-order valence-electron chi connectivity index (χ1n) is 7.11. The molecule has 3 heterocycles. The quantitative estimate of drug-likeness (QED) is 0.816. The zero-order valence-electron chi connectivity index (χ0n) is 11.8. The lowest BCUT2D eigenvalue weighted by molar-refractivity contribution is -0.130. The fourth-order valence-corrected chi connectivity index (χ4v) is 2.87. The SMILES string of the molecule is CC(C)c1cc(C(=O)N2CCN3C(=O)CCC3C2)no1. The first kappa shape index (κ1) is 13.1. The number of hydrogen-bond donors (Lipinski definition) is 0. The van der Waals surface area contributed by atoms with Crippen molar-refractivity contribution in [2.75, 3.05) is 19.6 Å². The Kier molecular flexibility index (Phi) is 3.23. The molecule has 2 aliphatic rings. The molecule has 2 saturated heterocycles. The Bertz CT molecular complexity index is 538. The van der Waals surface area contributed by atoms with Crippen molar-refractivity contribution in [1.29, 1.82) is 0 Å². The minimum atomic E-state index is -0.0975. The second-order valence-corrected chi connectivity index (χ2v) is 5.80. The molecular weight excluding hydrogens is 258 g/mol. The van der Waals surface area contributed by atoms with Crippen LogP contribution in [-0.4, -0.2) is 52.4 Å². The second-order valence-electron chi connectivity index (χ2n) is 5.80. The maximum atomic E-state index is 12.4. The smallest absolute Gasteiger partial charge is 0.276 e. The Morgan fingerprint density at radius 1 is 1.45 bits per heavy atom. The number of carbonyl (C=O) groups excluding carboxylic acids is 2. The van der Waals surface area contributed by atoms with Gasteiger partial charge in [0.05, 0.1) is 0 Å². The second kappa shape index (κ2) is 4.92. The van der Waals surface area contributed by atoms with Gasteiger partial charge in [-0.15, -0.1) is 0 Å². The van der Waals surface area contributed by atoms with Gasteiger partial charge in [-0.2, -0.15) is 0 Å². The molecule has 20 heavy (non-hydrogen) atoms. The predicted octanol–water partition coefficient (Wildman–Crippen LogP) is 1.24. The number of nitrogens with zero attached hydrogens (tertiary/aromatic N) is 3. The van der Waals surface area contributed by atoms with E-state index in [1.807, 2.05) is 18.7 Å². The summed E-state index contributed by atoms with van der Waals surface area (Å²) in [5, 5.41) is 3.87. The molecule has 0 radical (unpaired) electrons. The number of hydrogen-bond acceptors (Lipinski definition) is 4. The van der Waals surface area contributed by atoms with Gasteiger partial charge in [-0.05, 0) is 6.42 Å². The highest BCUT2D eigenvalue weighted by molar-refractivity contribution is 5.92. The van der Waals surface area contributed by atoms with Gasteiger partial charge in [-0.25, -0.2) is 0 Å². The van der Waals surface area contributed by atoms with Crippen molar-refractivity contribution in [1.82, 2.24) is 15.0 Å². The van der Waals surface area contributed by atoms with Crippen molar-refractivity contribution in [2.45, 2.75) is 38.6 Å². The van der Waals surface area contributed by atoms with Crippen LogP contribution in [0.5, 0.6) is 0 Å². The number of fused-ring (bicyclic) bond motifs is 1. The first-order chi connectivity index (χ1) is 9.56. The van der Waals surface area contributed by atoms with Crippen LogP contribution in [0.1, 0.15) is 48.9 Å². The summed E-state index contributed by atoms with van der Waals surface area (Å²) >= 11 is 0. The fraction of sp³-hybridized carbons (Fsp3) is 0.643. The van der Waals surface area contributed by atoms with E-state index >= 15 is 0 Å². The summed E-state index contributed by atoms with van der Waals surface area (Å²) in [5.41, 5.74) is 0.367. The zero-order valence-corrected chi connectivity index (χ0v) is 11.8. The predicted molar refractivity (Wildman–Crippen MR) is 71.2 cm³/mol. The molecule has 1 atom stereocenters. The molecule has 0 spiro atoms. The van der Waals surface area contributed by atoms with E-state index in [0.29, 0.717) is 31.7 Å². The summed E-state index contributed by atoms with van der Waals surface area (Å²) < 4.78 is 5.18. The molecular formula is C14H19N3O3. The molecule has 1 aromatic heterocycles. The molecule has 1 aromatic rings. The van der Waals surface area contributed by atoms with Crippen LogP contribution in [0.15, 0.2) is 10.6 Å². The number of rotatable bonds is 2. The van der Waals surface area contributed by atoms with Crippen LogP contribution in [0.3, 0.4) is 0 Å². The van der Waals surface area contributed by atoms with Crippen LogP contribution in [0.25, 0.3) is 0 Å². The Hall–Kier alpha value is -1.85. The minimum absolute atomic E-state index is 0.0975. The minimum Gasteiger partial charge on any atom is -0.360 e. The van der Waals surface area contributed by atoms with Crippen LogP contribution in [0.4, 0.5) is 0 Å². The highest BCUT2D eigenvalue weighted by Gasteiger charge is 2.37. The Morgan fingerprint density at radius 2 is 2.25 bits per heavy atom. The van der Waals surface area contributed by atoms with Crippen molar-refractivity contribution in [3.05, 3.63) is 17.5 Å². The van der Waals surface area contributed by atoms with Gasteiger partial charge in [-0.3, -0.25) is 9.59 Å². The third-order valence-electron chi connectivity index (χ3n) is 4.10. The highest BCUT2D eigenvalue weighted by Crippen LogP contribution is 2.24. The third kappa shape index (κ3) is 2.19. The lowest BCUT2D eigenvalue weighted by Crippen LogP contribution is -2.53. The van der Waals surface area contributed by atoms with E-state index in [2.05, 4.69) is 5.16 Å². The lowest BCUT2D eigenvalue weighted by Gasteiger charge is -2.37. The van der Waals surface area contributed by atoms with E-state index < -0.39 is 0 Å². The van der Waals surface area contributed by atoms with Gasteiger partial charge >= 0.3 is 0 Å². The Labute approximate surface area is 117 Å². The van der Waals surface area contributed by atoms with Crippen LogP contribution < -0.4 is 0 Å². The summed E-state index contributed by atoms with van der Waals surface area (Å²) in [6.07, 6.45) is 1.45. The topological polar surface area (TPSA) is 66.7 Å². The van der Waals surface area contributed by atoms with Gasteiger partial charge in [0, 0.05) is 44.1 Å². The highest BCUT2D eigenvalue weighted by atomic mass is 16.5. The van der Waals surface area contributed by atoms with Gasteiger partial charge in [0.1, 0.15) is 5.76 Å². The van der Waals surface area contributed by atoms with E-state index in [4.69, 9.17) is 4.52 Å². The fourth-order valence-electron chi connectivity index (χ4n) is 2.87. The average Bonchev–Trinajstić information content (AvgIpc) is 3.05. The molecule has 0 bridgehead atoms. The van der Waals surface area contributed by atoms with Crippen LogP contribution >= 0.6 is 0 Å². The van der Waals surface area contributed by atoms with E-state index in [-0.39, 0.29) is 23.8 Å². The lowest BCUT2D eigenvalue weighted by atomic mass is 10.1. The zero-order chi connectivity index (χ0) is 14.3. The maximum Gasteiger partial charge on any atom is 0.276 e. The maximum absolute atomic E-state index is 12.4. The van der Waals surface area contributed by atoms with E-state index in [9.17, 15) is 9.59 Å². The van der Waals surface area contributed by atoms with Gasteiger partial charge in [0.15, 0.2) is 5.69 Å². The molecule has 0 saturated carbocycles. The van der Waals surface area contributed by atoms with Crippen LogP contribution in [0, 0.1) is 0 Å². The van der Waals surface area contributed by atoms with Gasteiger partial charge < -0.3 is 14.3 Å². The largest absolute Gasteiger partial charge is 0.360 e. The molecule has 0 N–H and O–H groups in total. The summed E-state index contributed by atoms with van der Waals surface area (Å²) in [6, 6.07) is 1.90. The van der Waals surface area contributed by atoms with Crippen molar-refractivity contribution in [3.63, 3.8) is 0 Å². The van der Waals surface area contributed by atoms with Crippen LogP contribution in [-0.2, 0) is 4.79 Å². The first-order valence-corrected chi connectivity index (χ1v) is 7.11. The number of carbonyl (C=O) groups is 2. The molecule has 1 unspecified atom stereocenters. The summed E-state index contributed by atoms with van der Waals surface area (Å²) in [5.74, 6) is 1.06. The molecule has 0 aromatic carbocycles. The summed E-state index contributed by atoms with van der Waals surface area (Å²) in [4.78, 5) is 27.7. The van der Waals surface area contributed by atoms with Gasteiger partial charge in [0.25, 0.3) is 5.91 Å². The molecule has 0 aliphatic carbocycles. The van der Waals surface area contributed by atoms with Crippen molar-refractivity contribution >= 4 is 11.8 Å². The van der Waals surface area contributed by atoms with Gasteiger partial charge in [0.2, 0.25) is 5.91 Å². The van der Waals surface area contributed by atoms with E-state index in [0.717, 1.165) is 12.2 Å². The molecule has 6 heteroatoms. The molecule has 3 rings (SSSR count). The van der Waals surface area contributed by atoms with E-state index in [1.54, 1.807) is 11.0 Å². The van der Waals surface area contributed by atoms with E-state index in [1.165, 1.54) is 0 Å². The Morgan fingerprint density at radius 3 is 2.95 bits per heavy atom. The number of aromatic nitrogens is 1. The number of amides is 2. The van der Waals surface area contributed by atoms with Crippen molar-refractivity contribution in [3.8, 4) is 0 Å². The molecule has 2 fully saturated rings. The molecule has 108 valence electrons. The molecule has 2 aliphatic heterocycles. The average molecular weight is 277 g/mol. The molecule has 2 amide bonds. The number of piperazine rings is 1. The van der Waals surface area contributed by atoms with Gasteiger partial charge in [-0.1, -0.05) is 19.0 Å². The standard InChI is InChI=1S/C14H19N3O3/c1-9(2)12-7-11(15-20-12)14(19)16-5-6-17-10(8-16)3-4-13(17)18/h7,9-10H,3-6,8H2,1-2H3. The van der Waals surface area contributed by atoms with Crippen LogP contribution in [0.2, 0.25) is 0 Å². The Balaban J connectivity index is 1.70. The summed E-state index contributed by atoms with van der Waals surface area (Å²) in [7, 11) is 0. The third-order valence-corrected chi connectivity index (χ3v) is 4.10. The normalized spacial score (nSPS) is 22.6.